The number of amides is 1. The highest BCUT2D eigenvalue weighted by atomic mass is 16.2. The van der Waals surface area contributed by atoms with Crippen LogP contribution in [-0.4, -0.2) is 16.8 Å². The molecule has 0 fully saturated rings. The van der Waals surface area contributed by atoms with Crippen LogP contribution >= 0.6 is 0 Å². The van der Waals surface area contributed by atoms with E-state index in [-0.39, 0.29) is 11.9 Å². The average Bonchev–Trinajstić information content (AvgIpc) is 2.46. The lowest BCUT2D eigenvalue weighted by atomic mass is 9.94. The van der Waals surface area contributed by atoms with Gasteiger partial charge >= 0.3 is 0 Å². The number of anilines is 1. The van der Waals surface area contributed by atoms with E-state index >= 15 is 0 Å². The third kappa shape index (κ3) is 2.27. The summed E-state index contributed by atoms with van der Waals surface area (Å²) in [7, 11) is 0. The number of rotatable bonds is 1. The van der Waals surface area contributed by atoms with Gasteiger partial charge in [-0.15, -0.1) is 0 Å². The van der Waals surface area contributed by atoms with Gasteiger partial charge in [0.1, 0.15) is 0 Å². The minimum absolute atomic E-state index is 0.0549. The zero-order valence-electron chi connectivity index (χ0n) is 11.5. The van der Waals surface area contributed by atoms with E-state index in [9.17, 15) is 4.79 Å². The van der Waals surface area contributed by atoms with Crippen LogP contribution in [0.1, 0.15) is 28.4 Å². The molecule has 1 unspecified atom stereocenters. The fourth-order valence-electron chi connectivity index (χ4n) is 2.79. The summed E-state index contributed by atoms with van der Waals surface area (Å²) in [6, 6.07) is 15.7. The van der Waals surface area contributed by atoms with Crippen molar-refractivity contribution in [2.75, 3.05) is 5.73 Å². The lowest BCUT2D eigenvalue weighted by Gasteiger charge is -2.35. The van der Waals surface area contributed by atoms with Crippen LogP contribution in [0.15, 0.2) is 48.5 Å². The summed E-state index contributed by atoms with van der Waals surface area (Å²) in [5.74, 6) is 0.0549. The molecule has 0 spiro atoms. The van der Waals surface area contributed by atoms with Crippen molar-refractivity contribution in [1.29, 1.82) is 0 Å². The van der Waals surface area contributed by atoms with Gasteiger partial charge in [0, 0.05) is 23.8 Å². The standard InChI is InChI=1S/C17H18N2O/c1-12-9-13-5-2-3-6-15(13)11-19(12)17(20)14-7-4-8-16(18)10-14/h2-8,10,12H,9,11,18H2,1H3. The van der Waals surface area contributed by atoms with Crippen LogP contribution in [0, 0.1) is 0 Å². The molecule has 1 aliphatic heterocycles. The van der Waals surface area contributed by atoms with Gasteiger partial charge in [-0.05, 0) is 42.7 Å². The van der Waals surface area contributed by atoms with E-state index in [2.05, 4.69) is 25.1 Å². The van der Waals surface area contributed by atoms with Gasteiger partial charge in [0.25, 0.3) is 5.91 Å². The lowest BCUT2D eigenvalue weighted by Crippen LogP contribution is -2.42. The van der Waals surface area contributed by atoms with E-state index < -0.39 is 0 Å². The highest BCUT2D eigenvalue weighted by Gasteiger charge is 2.27. The van der Waals surface area contributed by atoms with Crippen molar-refractivity contribution >= 4 is 11.6 Å². The molecule has 20 heavy (non-hydrogen) atoms. The first kappa shape index (κ1) is 12.7. The summed E-state index contributed by atoms with van der Waals surface area (Å²) in [4.78, 5) is 14.6. The molecule has 0 saturated heterocycles. The first-order valence-electron chi connectivity index (χ1n) is 6.88. The molecule has 2 aromatic rings. The van der Waals surface area contributed by atoms with Crippen molar-refractivity contribution < 1.29 is 4.79 Å². The Morgan fingerprint density at radius 2 is 1.90 bits per heavy atom. The van der Waals surface area contributed by atoms with Crippen molar-refractivity contribution in [3.05, 3.63) is 65.2 Å². The van der Waals surface area contributed by atoms with Gasteiger partial charge < -0.3 is 10.6 Å². The molecule has 3 heteroatoms. The molecular weight excluding hydrogens is 248 g/mol. The van der Waals surface area contributed by atoms with Gasteiger partial charge in [-0.2, -0.15) is 0 Å². The number of nitrogens with zero attached hydrogens (tertiary/aromatic N) is 1. The van der Waals surface area contributed by atoms with E-state index in [1.165, 1.54) is 11.1 Å². The summed E-state index contributed by atoms with van der Waals surface area (Å²) in [5.41, 5.74) is 9.64. The Labute approximate surface area is 119 Å². The van der Waals surface area contributed by atoms with Crippen LogP contribution in [-0.2, 0) is 13.0 Å². The molecule has 0 radical (unpaired) electrons. The lowest BCUT2D eigenvalue weighted by molar-refractivity contribution is 0.0658. The molecule has 1 heterocycles. The number of nitrogen functional groups attached to an aromatic ring is 1. The summed E-state index contributed by atoms with van der Waals surface area (Å²) in [5, 5.41) is 0. The van der Waals surface area contributed by atoms with Crippen LogP contribution < -0.4 is 5.73 Å². The Morgan fingerprint density at radius 3 is 2.65 bits per heavy atom. The topological polar surface area (TPSA) is 46.3 Å². The minimum Gasteiger partial charge on any atom is -0.399 e. The van der Waals surface area contributed by atoms with Crippen LogP contribution in [0.25, 0.3) is 0 Å². The van der Waals surface area contributed by atoms with E-state index in [0.717, 1.165) is 6.42 Å². The largest absolute Gasteiger partial charge is 0.399 e. The van der Waals surface area contributed by atoms with Gasteiger partial charge in [-0.25, -0.2) is 0 Å². The molecule has 3 rings (SSSR count). The van der Waals surface area contributed by atoms with Crippen LogP contribution in [0.5, 0.6) is 0 Å². The molecule has 2 aromatic carbocycles. The average molecular weight is 266 g/mol. The molecule has 0 aliphatic carbocycles. The summed E-state index contributed by atoms with van der Waals surface area (Å²) < 4.78 is 0. The Hall–Kier alpha value is -2.29. The monoisotopic (exact) mass is 266 g/mol. The molecule has 3 nitrogen and oxygen atoms in total. The number of hydrogen-bond acceptors (Lipinski definition) is 2. The second kappa shape index (κ2) is 5.00. The van der Waals surface area contributed by atoms with E-state index in [4.69, 9.17) is 5.73 Å². The number of nitrogens with two attached hydrogens (primary N) is 1. The normalized spacial score (nSPS) is 17.6. The highest BCUT2D eigenvalue weighted by molar-refractivity contribution is 5.95. The first-order valence-corrected chi connectivity index (χ1v) is 6.88. The molecule has 0 bridgehead atoms. The zero-order chi connectivity index (χ0) is 14.1. The zero-order valence-corrected chi connectivity index (χ0v) is 11.5. The first-order chi connectivity index (χ1) is 9.65. The number of hydrogen-bond donors (Lipinski definition) is 1. The fraction of sp³-hybridized carbons (Fsp3) is 0.235. The predicted octanol–water partition coefficient (Wildman–Crippen LogP) is 2.86. The van der Waals surface area contributed by atoms with Crippen LogP contribution in [0.3, 0.4) is 0 Å². The van der Waals surface area contributed by atoms with Gasteiger partial charge in [-0.3, -0.25) is 4.79 Å². The molecule has 0 saturated carbocycles. The minimum atomic E-state index is 0.0549. The molecule has 1 aliphatic rings. The Kier molecular flexibility index (Phi) is 3.18. The molecule has 1 atom stereocenters. The van der Waals surface area contributed by atoms with Crippen molar-refractivity contribution in [2.24, 2.45) is 0 Å². The second-order valence-corrected chi connectivity index (χ2v) is 5.38. The summed E-state index contributed by atoms with van der Waals surface area (Å²) in [6.45, 7) is 2.77. The molecule has 1 amide bonds. The molecule has 0 aromatic heterocycles. The Morgan fingerprint density at radius 1 is 1.15 bits per heavy atom. The maximum atomic E-state index is 12.6. The molecule has 102 valence electrons. The summed E-state index contributed by atoms with van der Waals surface area (Å²) in [6.07, 6.45) is 0.907. The van der Waals surface area contributed by atoms with Gasteiger partial charge in [0.15, 0.2) is 0 Å². The molecular formula is C17H18N2O. The number of carbonyl (C=O) groups excluding carboxylic acids is 1. The maximum absolute atomic E-state index is 12.6. The van der Waals surface area contributed by atoms with Gasteiger partial charge in [0.2, 0.25) is 0 Å². The maximum Gasteiger partial charge on any atom is 0.254 e. The van der Waals surface area contributed by atoms with E-state index in [1.807, 2.05) is 23.1 Å². The molecule has 2 N–H and O–H groups in total. The number of fused-ring (bicyclic) bond motifs is 1. The van der Waals surface area contributed by atoms with Crippen molar-refractivity contribution in [2.45, 2.75) is 25.9 Å². The van der Waals surface area contributed by atoms with Crippen molar-refractivity contribution in [1.82, 2.24) is 4.90 Å². The fourth-order valence-corrected chi connectivity index (χ4v) is 2.79. The third-order valence-corrected chi connectivity index (χ3v) is 3.90. The van der Waals surface area contributed by atoms with Crippen molar-refractivity contribution in [3.8, 4) is 0 Å². The SMILES string of the molecule is CC1Cc2ccccc2CN1C(=O)c1cccc(N)c1. The smallest absolute Gasteiger partial charge is 0.254 e. The van der Waals surface area contributed by atoms with Gasteiger partial charge in [-0.1, -0.05) is 30.3 Å². The van der Waals surface area contributed by atoms with Gasteiger partial charge in [0.05, 0.1) is 0 Å². The Bertz CT molecular complexity index is 651. The Balaban J connectivity index is 1.90. The predicted molar refractivity (Wildman–Crippen MR) is 80.3 cm³/mol. The van der Waals surface area contributed by atoms with E-state index in [1.54, 1.807) is 12.1 Å². The van der Waals surface area contributed by atoms with Crippen LogP contribution in [0.4, 0.5) is 5.69 Å². The third-order valence-electron chi connectivity index (χ3n) is 3.90. The number of carbonyl (C=O) groups is 1. The second-order valence-electron chi connectivity index (χ2n) is 5.38. The summed E-state index contributed by atoms with van der Waals surface area (Å²) >= 11 is 0. The highest BCUT2D eigenvalue weighted by Crippen LogP contribution is 2.25. The number of benzene rings is 2. The quantitative estimate of drug-likeness (QED) is 0.807. The van der Waals surface area contributed by atoms with Crippen LogP contribution in [0.2, 0.25) is 0 Å². The van der Waals surface area contributed by atoms with E-state index in [0.29, 0.717) is 17.8 Å². The van der Waals surface area contributed by atoms with Crippen molar-refractivity contribution in [3.63, 3.8) is 0 Å².